The van der Waals surface area contributed by atoms with Crippen molar-refractivity contribution in [1.29, 1.82) is 0 Å². The molecular formula is C13H18FN3O3. The smallest absolute Gasteiger partial charge is 0.314 e. The molecule has 1 aromatic carbocycles. The van der Waals surface area contributed by atoms with E-state index < -0.39 is 11.7 Å². The van der Waals surface area contributed by atoms with E-state index in [9.17, 15) is 14.0 Å². The van der Waals surface area contributed by atoms with Gasteiger partial charge in [-0.15, -0.1) is 0 Å². The van der Waals surface area contributed by atoms with Gasteiger partial charge in [-0.3, -0.25) is 4.79 Å². The molecule has 0 unspecified atom stereocenters. The highest BCUT2D eigenvalue weighted by molar-refractivity contribution is 5.94. The minimum absolute atomic E-state index is 0.0166. The van der Waals surface area contributed by atoms with E-state index in [1.54, 1.807) is 6.07 Å². The highest BCUT2D eigenvalue weighted by Gasteiger charge is 2.09. The summed E-state index contributed by atoms with van der Waals surface area (Å²) in [4.78, 5) is 22.9. The van der Waals surface area contributed by atoms with Crippen molar-refractivity contribution in [1.82, 2.24) is 16.0 Å². The third-order valence-electron chi connectivity index (χ3n) is 2.41. The van der Waals surface area contributed by atoms with E-state index in [0.29, 0.717) is 13.2 Å². The maximum absolute atomic E-state index is 13.3. The molecule has 110 valence electrons. The quantitative estimate of drug-likeness (QED) is 0.638. The van der Waals surface area contributed by atoms with E-state index in [-0.39, 0.29) is 24.7 Å². The van der Waals surface area contributed by atoms with Crippen LogP contribution in [0.25, 0.3) is 0 Å². The van der Waals surface area contributed by atoms with Crippen LogP contribution in [0.4, 0.5) is 9.18 Å². The predicted octanol–water partition coefficient (Wildman–Crippen LogP) is 0.501. The zero-order valence-corrected chi connectivity index (χ0v) is 11.2. The number of hydrogen-bond donors (Lipinski definition) is 3. The van der Waals surface area contributed by atoms with Crippen LogP contribution in [-0.2, 0) is 4.74 Å². The monoisotopic (exact) mass is 283 g/mol. The number of methoxy groups -OCH3 is 1. The summed E-state index contributed by atoms with van der Waals surface area (Å²) in [5, 5.41) is 7.63. The molecule has 0 aliphatic rings. The minimum atomic E-state index is -0.574. The van der Waals surface area contributed by atoms with Gasteiger partial charge in [0, 0.05) is 26.7 Å². The number of halogens is 1. The molecule has 3 N–H and O–H groups in total. The normalized spacial score (nSPS) is 9.90. The Bertz CT molecular complexity index is 454. The molecule has 3 amide bonds. The van der Waals surface area contributed by atoms with Crippen LogP contribution in [0.15, 0.2) is 24.3 Å². The van der Waals surface area contributed by atoms with Gasteiger partial charge in [0.2, 0.25) is 0 Å². The third-order valence-corrected chi connectivity index (χ3v) is 2.41. The van der Waals surface area contributed by atoms with Crippen molar-refractivity contribution in [2.75, 3.05) is 33.4 Å². The molecule has 0 spiro atoms. The summed E-state index contributed by atoms with van der Waals surface area (Å²) >= 11 is 0. The molecule has 20 heavy (non-hydrogen) atoms. The highest BCUT2D eigenvalue weighted by Crippen LogP contribution is 2.05. The van der Waals surface area contributed by atoms with Crippen molar-refractivity contribution in [3.05, 3.63) is 35.6 Å². The zero-order chi connectivity index (χ0) is 14.8. The second kappa shape index (κ2) is 8.87. The first-order valence-corrected chi connectivity index (χ1v) is 6.18. The van der Waals surface area contributed by atoms with Gasteiger partial charge in [-0.1, -0.05) is 12.1 Å². The third kappa shape index (κ3) is 5.66. The lowest BCUT2D eigenvalue weighted by Gasteiger charge is -2.08. The summed E-state index contributed by atoms with van der Waals surface area (Å²) in [6, 6.07) is 5.37. The van der Waals surface area contributed by atoms with Gasteiger partial charge in [-0.05, 0) is 12.1 Å². The fourth-order valence-electron chi connectivity index (χ4n) is 1.42. The largest absolute Gasteiger partial charge is 0.383 e. The number of rotatable bonds is 7. The second-order valence-corrected chi connectivity index (χ2v) is 3.91. The number of nitrogens with one attached hydrogen (secondary N) is 3. The van der Waals surface area contributed by atoms with Crippen LogP contribution in [0.3, 0.4) is 0 Å². The zero-order valence-electron chi connectivity index (χ0n) is 11.2. The lowest BCUT2D eigenvalue weighted by molar-refractivity contribution is 0.0950. The molecule has 0 radical (unpaired) electrons. The lowest BCUT2D eigenvalue weighted by atomic mass is 10.2. The van der Waals surface area contributed by atoms with Gasteiger partial charge >= 0.3 is 6.03 Å². The molecule has 0 aliphatic heterocycles. The fourth-order valence-corrected chi connectivity index (χ4v) is 1.42. The van der Waals surface area contributed by atoms with Gasteiger partial charge in [0.1, 0.15) is 5.82 Å². The minimum Gasteiger partial charge on any atom is -0.383 e. The number of benzene rings is 1. The molecule has 0 aromatic heterocycles. The Morgan fingerprint density at radius 1 is 1.10 bits per heavy atom. The molecule has 0 heterocycles. The molecule has 7 heteroatoms. The molecule has 0 saturated heterocycles. The summed E-state index contributed by atoms with van der Waals surface area (Å²) < 4.78 is 18.1. The van der Waals surface area contributed by atoms with Crippen molar-refractivity contribution in [3.8, 4) is 0 Å². The first kappa shape index (κ1) is 15.9. The van der Waals surface area contributed by atoms with E-state index in [1.165, 1.54) is 25.3 Å². The van der Waals surface area contributed by atoms with Crippen LogP contribution in [0, 0.1) is 5.82 Å². The molecule has 0 bridgehead atoms. The average Bonchev–Trinajstić information content (AvgIpc) is 2.44. The lowest BCUT2D eigenvalue weighted by Crippen LogP contribution is -2.41. The van der Waals surface area contributed by atoms with Crippen molar-refractivity contribution >= 4 is 11.9 Å². The Morgan fingerprint density at radius 2 is 1.75 bits per heavy atom. The molecule has 0 saturated carbocycles. The Labute approximate surface area is 116 Å². The Balaban J connectivity index is 2.20. The van der Waals surface area contributed by atoms with Crippen LogP contribution in [-0.4, -0.2) is 45.3 Å². The number of urea groups is 1. The SMILES string of the molecule is COCCNC(=O)NCCNC(=O)c1ccccc1F. The van der Waals surface area contributed by atoms with E-state index >= 15 is 0 Å². The van der Waals surface area contributed by atoms with Crippen molar-refractivity contribution in [2.24, 2.45) is 0 Å². The Kier molecular flexibility index (Phi) is 7.05. The van der Waals surface area contributed by atoms with Crippen LogP contribution in [0.5, 0.6) is 0 Å². The highest BCUT2D eigenvalue weighted by atomic mass is 19.1. The Morgan fingerprint density at radius 3 is 2.45 bits per heavy atom. The van der Waals surface area contributed by atoms with Gasteiger partial charge in [-0.25, -0.2) is 9.18 Å². The fraction of sp³-hybridized carbons (Fsp3) is 0.385. The summed E-state index contributed by atoms with van der Waals surface area (Å²) in [5.41, 5.74) is -0.0166. The molecule has 6 nitrogen and oxygen atoms in total. The van der Waals surface area contributed by atoms with Gasteiger partial charge in [0.15, 0.2) is 0 Å². The van der Waals surface area contributed by atoms with Crippen LogP contribution in [0.2, 0.25) is 0 Å². The predicted molar refractivity (Wildman–Crippen MR) is 72.0 cm³/mol. The maximum Gasteiger partial charge on any atom is 0.314 e. The summed E-state index contributed by atoms with van der Waals surface area (Å²) in [6.45, 7) is 1.30. The number of amides is 3. The van der Waals surface area contributed by atoms with E-state index in [2.05, 4.69) is 16.0 Å². The Hall–Kier alpha value is -2.15. The average molecular weight is 283 g/mol. The molecule has 1 aromatic rings. The van der Waals surface area contributed by atoms with Gasteiger partial charge in [-0.2, -0.15) is 0 Å². The topological polar surface area (TPSA) is 79.5 Å². The second-order valence-electron chi connectivity index (χ2n) is 3.91. The molecule has 0 aliphatic carbocycles. The molecule has 0 fully saturated rings. The first-order valence-electron chi connectivity index (χ1n) is 6.18. The van der Waals surface area contributed by atoms with Crippen molar-refractivity contribution in [2.45, 2.75) is 0 Å². The number of carbonyl (C=O) groups is 2. The van der Waals surface area contributed by atoms with E-state index in [4.69, 9.17) is 4.74 Å². The summed E-state index contributed by atoms with van der Waals surface area (Å²) in [5.74, 6) is -1.08. The molecular weight excluding hydrogens is 265 g/mol. The number of hydrogen-bond acceptors (Lipinski definition) is 3. The summed E-state index contributed by atoms with van der Waals surface area (Å²) in [6.07, 6.45) is 0. The van der Waals surface area contributed by atoms with Gasteiger partial charge < -0.3 is 20.7 Å². The van der Waals surface area contributed by atoms with Crippen LogP contribution in [0.1, 0.15) is 10.4 Å². The number of carbonyl (C=O) groups excluding carboxylic acids is 2. The van der Waals surface area contributed by atoms with Crippen LogP contribution >= 0.6 is 0 Å². The van der Waals surface area contributed by atoms with Gasteiger partial charge in [0.25, 0.3) is 5.91 Å². The van der Waals surface area contributed by atoms with Gasteiger partial charge in [0.05, 0.1) is 12.2 Å². The molecule has 1 rings (SSSR count). The first-order chi connectivity index (χ1) is 9.65. The number of ether oxygens (including phenoxy) is 1. The van der Waals surface area contributed by atoms with E-state index in [1.807, 2.05) is 0 Å². The maximum atomic E-state index is 13.3. The van der Waals surface area contributed by atoms with E-state index in [0.717, 1.165) is 0 Å². The summed E-state index contributed by atoms with van der Waals surface area (Å²) in [7, 11) is 1.54. The van der Waals surface area contributed by atoms with Crippen LogP contribution < -0.4 is 16.0 Å². The van der Waals surface area contributed by atoms with Crippen molar-refractivity contribution in [3.63, 3.8) is 0 Å². The van der Waals surface area contributed by atoms with Crippen molar-refractivity contribution < 1.29 is 18.7 Å². The molecule has 0 atom stereocenters. The standard InChI is InChI=1S/C13H18FN3O3/c1-20-9-8-17-13(19)16-7-6-15-12(18)10-4-2-3-5-11(10)14/h2-5H,6-9H2,1H3,(H,15,18)(H2,16,17,19).